The molecule has 0 N–H and O–H groups in total. The van der Waals surface area contributed by atoms with Crippen molar-refractivity contribution in [2.24, 2.45) is 0 Å². The van der Waals surface area contributed by atoms with Crippen LogP contribution in [0.1, 0.15) is 35.3 Å². The van der Waals surface area contributed by atoms with Crippen LogP contribution in [-0.2, 0) is 30.6 Å². The minimum atomic E-state index is -4.88. The van der Waals surface area contributed by atoms with Gasteiger partial charge in [0, 0.05) is 11.3 Å². The first-order valence-electron chi connectivity index (χ1n) is 15.0. The van der Waals surface area contributed by atoms with Crippen molar-refractivity contribution in [3.05, 3.63) is 117 Å². The van der Waals surface area contributed by atoms with Crippen LogP contribution in [0.15, 0.2) is 84.9 Å². The molecule has 0 aliphatic carbocycles. The fourth-order valence-corrected chi connectivity index (χ4v) is 7.88. The van der Waals surface area contributed by atoms with Crippen LogP contribution in [0.25, 0.3) is 10.6 Å². The van der Waals surface area contributed by atoms with Gasteiger partial charge in [0.1, 0.15) is 16.5 Å². The molecule has 0 amide bonds. The van der Waals surface area contributed by atoms with Gasteiger partial charge in [-0.25, -0.2) is 4.79 Å². The minimum Gasteiger partial charge on any atom is -0.465 e. The van der Waals surface area contributed by atoms with E-state index in [1.807, 2.05) is 6.07 Å². The first kappa shape index (κ1) is 37.6. The van der Waals surface area contributed by atoms with Crippen molar-refractivity contribution in [2.75, 3.05) is 25.2 Å². The van der Waals surface area contributed by atoms with Crippen LogP contribution in [0.4, 0.5) is 19.6 Å². The number of nitrogens with zero attached hydrogens (tertiary/aromatic N) is 3. The molecular formula is C34H29Cl3F2N3O6PS. The van der Waals surface area contributed by atoms with Crippen LogP contribution < -0.4 is 9.64 Å². The Morgan fingerprint density at radius 2 is 1.56 bits per heavy atom. The van der Waals surface area contributed by atoms with E-state index in [0.29, 0.717) is 49.0 Å². The van der Waals surface area contributed by atoms with Crippen LogP contribution in [0.3, 0.4) is 0 Å². The lowest BCUT2D eigenvalue weighted by molar-refractivity contribution is 0.0361. The van der Waals surface area contributed by atoms with E-state index in [0.717, 1.165) is 6.07 Å². The summed E-state index contributed by atoms with van der Waals surface area (Å²) in [6, 6.07) is 22.7. The third-order valence-corrected chi connectivity index (χ3v) is 11.2. The van der Waals surface area contributed by atoms with Crippen molar-refractivity contribution < 1.29 is 36.7 Å². The second-order valence-corrected chi connectivity index (χ2v) is 14.7. The van der Waals surface area contributed by atoms with E-state index < -0.39 is 24.8 Å². The molecule has 4 aromatic carbocycles. The van der Waals surface area contributed by atoms with E-state index in [9.17, 15) is 9.36 Å². The topological polar surface area (TPSA) is 100 Å². The monoisotopic (exact) mass is 781 g/mol. The summed E-state index contributed by atoms with van der Waals surface area (Å²) in [6.45, 7) is 2.51. The van der Waals surface area contributed by atoms with Gasteiger partial charge in [-0.1, -0.05) is 76.5 Å². The summed E-state index contributed by atoms with van der Waals surface area (Å²) in [7, 11) is -3.57. The number of benzene rings is 4. The molecule has 0 spiro atoms. The van der Waals surface area contributed by atoms with Crippen molar-refractivity contribution >= 4 is 70.5 Å². The number of carbonyl (C=O) groups is 1. The Hall–Kier alpha value is -3.61. The number of hydrogen-bond donors (Lipinski definition) is 0. The zero-order valence-corrected chi connectivity index (χ0v) is 30.7. The predicted molar refractivity (Wildman–Crippen MR) is 192 cm³/mol. The van der Waals surface area contributed by atoms with Gasteiger partial charge < -0.3 is 23.4 Å². The highest BCUT2D eigenvalue weighted by Crippen LogP contribution is 2.67. The average Bonchev–Trinajstić information content (AvgIpc) is 3.59. The van der Waals surface area contributed by atoms with Gasteiger partial charge in [-0.05, 0) is 74.0 Å². The van der Waals surface area contributed by atoms with E-state index >= 15 is 8.78 Å². The molecule has 50 heavy (non-hydrogen) atoms. The third kappa shape index (κ3) is 8.29. The zero-order chi connectivity index (χ0) is 36.1. The van der Waals surface area contributed by atoms with E-state index in [-0.39, 0.29) is 29.8 Å². The van der Waals surface area contributed by atoms with Gasteiger partial charge in [-0.2, -0.15) is 8.78 Å². The predicted octanol–water partition coefficient (Wildman–Crippen LogP) is 11.4. The summed E-state index contributed by atoms with van der Waals surface area (Å²) in [6.07, 6.45) is 0. The Morgan fingerprint density at radius 1 is 0.860 bits per heavy atom. The first-order valence-corrected chi connectivity index (χ1v) is 18.5. The molecule has 0 atom stereocenters. The molecule has 0 aliphatic heterocycles. The molecule has 1 heterocycles. The zero-order valence-electron chi connectivity index (χ0n) is 26.7. The van der Waals surface area contributed by atoms with Crippen LogP contribution in [-0.4, -0.2) is 36.5 Å². The summed E-state index contributed by atoms with van der Waals surface area (Å²) in [5.74, 6) is 0.449. The summed E-state index contributed by atoms with van der Waals surface area (Å²) in [5.41, 5.74) is -2.54. The number of alkyl halides is 2. The van der Waals surface area contributed by atoms with Gasteiger partial charge in [0.05, 0.1) is 53.1 Å². The van der Waals surface area contributed by atoms with Crippen molar-refractivity contribution in [3.63, 3.8) is 0 Å². The van der Waals surface area contributed by atoms with Gasteiger partial charge in [-0.15, -0.1) is 10.2 Å². The third-order valence-electron chi connectivity index (χ3n) is 7.07. The van der Waals surface area contributed by atoms with Gasteiger partial charge in [0.25, 0.3) is 0 Å². The highest BCUT2D eigenvalue weighted by atomic mass is 35.5. The molecule has 16 heteroatoms. The lowest BCUT2D eigenvalue weighted by Gasteiger charge is -2.27. The number of aromatic nitrogens is 2. The van der Waals surface area contributed by atoms with Crippen LogP contribution in [0, 0.1) is 0 Å². The molecule has 1 aromatic heterocycles. The summed E-state index contributed by atoms with van der Waals surface area (Å²) in [4.78, 5) is 13.7. The molecule has 0 bridgehead atoms. The molecule has 0 radical (unpaired) electrons. The van der Waals surface area contributed by atoms with E-state index in [1.165, 1.54) is 44.4 Å². The summed E-state index contributed by atoms with van der Waals surface area (Å²) >= 11 is 20.2. The number of ether oxygens (including phenoxy) is 2. The number of esters is 1. The van der Waals surface area contributed by atoms with E-state index in [1.54, 1.807) is 65.6 Å². The first-order chi connectivity index (χ1) is 23.9. The molecule has 0 aliphatic rings. The number of hydrogen-bond acceptors (Lipinski definition) is 10. The number of halogens is 5. The van der Waals surface area contributed by atoms with Gasteiger partial charge in [-0.3, -0.25) is 4.57 Å². The standard InChI is InChI=1S/C34H29Cl3F2N3O6PS/c1-4-46-49(44,47-5-2)34(38,39)27-14-12-21(16-29(27)36)20-42(24-13-15-28(35)30(37)19-24)33-41-40-31(50-33)22-8-6-10-25(17-22)48-26-11-7-9-23(18-26)32(43)45-3/h6-19H,4-5,20H2,1-3H3. The number of rotatable bonds is 14. The minimum absolute atomic E-state index is 0.104. The van der Waals surface area contributed by atoms with Crippen molar-refractivity contribution in [3.8, 4) is 22.1 Å². The second kappa shape index (κ2) is 16.2. The normalized spacial score (nSPS) is 11.8. The molecule has 0 saturated heterocycles. The average molecular weight is 783 g/mol. The maximum absolute atomic E-state index is 15.5. The molecule has 5 rings (SSSR count). The largest absolute Gasteiger partial charge is 0.465 e. The van der Waals surface area contributed by atoms with Crippen molar-refractivity contribution in [1.29, 1.82) is 0 Å². The molecule has 0 unspecified atom stereocenters. The molecule has 0 fully saturated rings. The van der Waals surface area contributed by atoms with Crippen molar-refractivity contribution in [1.82, 2.24) is 10.2 Å². The van der Waals surface area contributed by atoms with Crippen LogP contribution in [0.2, 0.25) is 15.1 Å². The quantitative estimate of drug-likeness (QED) is 0.0805. The number of carbonyl (C=O) groups excluding carboxylic acids is 1. The Labute approximate surface area is 306 Å². The second-order valence-electron chi connectivity index (χ2n) is 10.4. The SMILES string of the molecule is CCOP(=O)(OCC)C(F)(F)c1ccc(CN(c2ccc(Cl)c(Cl)c2)c2nnc(-c3cccc(Oc4cccc(C(=O)OC)c4)c3)s2)cc1Cl. The fourth-order valence-electron chi connectivity index (χ4n) is 4.77. The summed E-state index contributed by atoms with van der Waals surface area (Å²) < 4.78 is 64.8. The molecule has 5 aromatic rings. The van der Waals surface area contributed by atoms with E-state index in [4.69, 9.17) is 53.3 Å². The Balaban J connectivity index is 1.45. The van der Waals surface area contributed by atoms with Crippen LogP contribution in [0.5, 0.6) is 11.5 Å². The summed E-state index contributed by atoms with van der Waals surface area (Å²) in [5, 5.41) is 10.1. The maximum atomic E-state index is 15.5. The highest BCUT2D eigenvalue weighted by Gasteiger charge is 2.55. The Bertz CT molecular complexity index is 2040. The van der Waals surface area contributed by atoms with Gasteiger partial charge >= 0.3 is 19.2 Å². The Morgan fingerprint density at radius 3 is 2.22 bits per heavy atom. The lowest BCUT2D eigenvalue weighted by atomic mass is 10.1. The van der Waals surface area contributed by atoms with Crippen molar-refractivity contribution in [2.45, 2.75) is 26.1 Å². The highest BCUT2D eigenvalue weighted by molar-refractivity contribution is 7.54. The van der Waals surface area contributed by atoms with Crippen LogP contribution >= 0.6 is 53.7 Å². The smallest absolute Gasteiger partial charge is 0.404 e. The fraction of sp³-hybridized carbons (Fsp3) is 0.206. The van der Waals surface area contributed by atoms with E-state index in [2.05, 4.69) is 10.2 Å². The molecular weight excluding hydrogens is 754 g/mol. The Kier molecular flexibility index (Phi) is 12.2. The molecule has 9 nitrogen and oxygen atoms in total. The molecule has 0 saturated carbocycles. The number of anilines is 2. The van der Waals surface area contributed by atoms with Gasteiger partial charge in [0.2, 0.25) is 5.13 Å². The lowest BCUT2D eigenvalue weighted by Crippen LogP contribution is -2.20. The van der Waals surface area contributed by atoms with Gasteiger partial charge in [0.15, 0.2) is 0 Å². The number of methoxy groups -OCH3 is 1. The molecule has 262 valence electrons. The maximum Gasteiger partial charge on any atom is 0.404 e.